The van der Waals surface area contributed by atoms with Gasteiger partial charge >= 0.3 is 6.09 Å². The fourth-order valence-corrected chi connectivity index (χ4v) is 2.02. The van der Waals surface area contributed by atoms with E-state index in [1.165, 1.54) is 0 Å². The van der Waals surface area contributed by atoms with Crippen LogP contribution in [0, 0.1) is 5.92 Å². The molecule has 1 saturated heterocycles. The quantitative estimate of drug-likeness (QED) is 0.720. The highest BCUT2D eigenvalue weighted by Gasteiger charge is 2.23. The van der Waals surface area contributed by atoms with Crippen molar-refractivity contribution in [2.45, 2.75) is 6.42 Å². The largest absolute Gasteiger partial charge is 0.465 e. The van der Waals surface area contributed by atoms with Crippen LogP contribution in [-0.2, 0) is 0 Å². The van der Waals surface area contributed by atoms with Gasteiger partial charge in [-0.25, -0.2) is 9.78 Å². The second-order valence-electron chi connectivity index (χ2n) is 4.24. The number of pyridine rings is 1. The van der Waals surface area contributed by atoms with Gasteiger partial charge in [0.1, 0.15) is 5.82 Å². The Morgan fingerprint density at radius 2 is 2.47 bits per heavy atom. The first-order valence-electron chi connectivity index (χ1n) is 5.58. The molecule has 1 aromatic heterocycles. The van der Waals surface area contributed by atoms with Gasteiger partial charge in [-0.2, -0.15) is 0 Å². The molecular formula is C11H16N4O2. The van der Waals surface area contributed by atoms with E-state index in [0.717, 1.165) is 25.3 Å². The number of carbonyl (C=O) groups is 1. The van der Waals surface area contributed by atoms with Gasteiger partial charge in [-0.3, -0.25) is 0 Å². The molecule has 2 heterocycles. The SMILES string of the molecule is Nc1ccc(N2CCC(CNC(=O)O)C2)nc1. The number of anilines is 2. The fourth-order valence-electron chi connectivity index (χ4n) is 2.02. The van der Waals surface area contributed by atoms with Crippen molar-refractivity contribution < 1.29 is 9.90 Å². The summed E-state index contributed by atoms with van der Waals surface area (Å²) in [6, 6.07) is 3.72. The lowest BCUT2D eigenvalue weighted by atomic mass is 10.1. The van der Waals surface area contributed by atoms with Crippen LogP contribution in [0.1, 0.15) is 6.42 Å². The van der Waals surface area contributed by atoms with Crippen molar-refractivity contribution in [1.29, 1.82) is 0 Å². The number of nitrogens with one attached hydrogen (secondary N) is 1. The highest BCUT2D eigenvalue weighted by Crippen LogP contribution is 2.21. The average Bonchev–Trinajstić information content (AvgIpc) is 2.76. The Labute approximate surface area is 99.4 Å². The van der Waals surface area contributed by atoms with Crippen molar-refractivity contribution in [1.82, 2.24) is 10.3 Å². The Morgan fingerprint density at radius 3 is 3.12 bits per heavy atom. The standard InChI is InChI=1S/C11H16N4O2/c12-9-1-2-10(13-6-9)15-4-3-8(7-15)5-14-11(16)17/h1-2,6,8,14H,3-5,7,12H2,(H,16,17). The summed E-state index contributed by atoms with van der Waals surface area (Å²) in [6.45, 7) is 2.24. The van der Waals surface area contributed by atoms with E-state index in [2.05, 4.69) is 15.2 Å². The molecule has 1 fully saturated rings. The van der Waals surface area contributed by atoms with Crippen LogP contribution in [0.4, 0.5) is 16.3 Å². The van der Waals surface area contributed by atoms with Crippen molar-refractivity contribution in [2.24, 2.45) is 5.92 Å². The minimum Gasteiger partial charge on any atom is -0.465 e. The fraction of sp³-hybridized carbons (Fsp3) is 0.455. The lowest BCUT2D eigenvalue weighted by molar-refractivity contribution is 0.192. The Bertz CT molecular complexity index is 393. The first-order chi connectivity index (χ1) is 8.15. The van der Waals surface area contributed by atoms with Gasteiger partial charge in [-0.15, -0.1) is 0 Å². The number of rotatable bonds is 3. The maximum atomic E-state index is 10.4. The summed E-state index contributed by atoms with van der Waals surface area (Å²) < 4.78 is 0. The van der Waals surface area contributed by atoms with Crippen molar-refractivity contribution in [3.63, 3.8) is 0 Å². The molecule has 0 aromatic carbocycles. The van der Waals surface area contributed by atoms with Crippen LogP contribution in [0.3, 0.4) is 0 Å². The molecule has 4 N–H and O–H groups in total. The summed E-state index contributed by atoms with van der Waals surface area (Å²) in [6.07, 6.45) is 1.65. The molecule has 1 atom stereocenters. The Balaban J connectivity index is 1.89. The summed E-state index contributed by atoms with van der Waals surface area (Å²) in [5, 5.41) is 11.0. The molecule has 1 aliphatic heterocycles. The van der Waals surface area contributed by atoms with Crippen LogP contribution in [0.25, 0.3) is 0 Å². The smallest absolute Gasteiger partial charge is 0.404 e. The summed E-state index contributed by atoms with van der Waals surface area (Å²) in [5.74, 6) is 1.25. The van der Waals surface area contributed by atoms with Gasteiger partial charge in [0.25, 0.3) is 0 Å². The zero-order valence-electron chi connectivity index (χ0n) is 9.47. The Hall–Kier alpha value is -1.98. The lowest BCUT2D eigenvalue weighted by Crippen LogP contribution is -2.29. The molecule has 6 heteroatoms. The molecule has 2 rings (SSSR count). The van der Waals surface area contributed by atoms with Crippen molar-refractivity contribution >= 4 is 17.6 Å². The molecular weight excluding hydrogens is 220 g/mol. The van der Waals surface area contributed by atoms with Gasteiger partial charge in [-0.05, 0) is 24.5 Å². The highest BCUT2D eigenvalue weighted by molar-refractivity contribution is 5.64. The van der Waals surface area contributed by atoms with Gasteiger partial charge in [0.05, 0.1) is 11.9 Å². The molecule has 1 aliphatic rings. The minimum absolute atomic E-state index is 0.352. The Kier molecular flexibility index (Phi) is 3.32. The maximum Gasteiger partial charge on any atom is 0.404 e. The van der Waals surface area contributed by atoms with Crippen molar-refractivity contribution in [3.05, 3.63) is 18.3 Å². The van der Waals surface area contributed by atoms with E-state index in [1.54, 1.807) is 6.20 Å². The van der Waals surface area contributed by atoms with Crippen LogP contribution < -0.4 is 16.0 Å². The first-order valence-corrected chi connectivity index (χ1v) is 5.58. The average molecular weight is 236 g/mol. The molecule has 0 aliphatic carbocycles. The molecule has 0 saturated carbocycles. The van der Waals surface area contributed by atoms with Gasteiger partial charge in [-0.1, -0.05) is 0 Å². The summed E-state index contributed by atoms with van der Waals surface area (Å²) >= 11 is 0. The predicted octanol–water partition coefficient (Wildman–Crippen LogP) is 0.758. The predicted molar refractivity (Wildman–Crippen MR) is 65.0 cm³/mol. The van der Waals surface area contributed by atoms with E-state index in [0.29, 0.717) is 18.2 Å². The van der Waals surface area contributed by atoms with E-state index in [-0.39, 0.29) is 0 Å². The minimum atomic E-state index is -0.964. The zero-order chi connectivity index (χ0) is 12.3. The van der Waals surface area contributed by atoms with Gasteiger partial charge in [0, 0.05) is 19.6 Å². The topological polar surface area (TPSA) is 91.5 Å². The Morgan fingerprint density at radius 1 is 1.65 bits per heavy atom. The third-order valence-corrected chi connectivity index (χ3v) is 2.92. The van der Waals surface area contributed by atoms with Crippen LogP contribution >= 0.6 is 0 Å². The second kappa shape index (κ2) is 4.90. The van der Waals surface area contributed by atoms with Crippen molar-refractivity contribution in [2.75, 3.05) is 30.3 Å². The summed E-state index contributed by atoms with van der Waals surface area (Å²) in [5.41, 5.74) is 6.23. The van der Waals surface area contributed by atoms with Gasteiger partial charge in [0.15, 0.2) is 0 Å². The number of nitrogens with zero attached hydrogens (tertiary/aromatic N) is 2. The van der Waals surface area contributed by atoms with E-state index in [9.17, 15) is 4.79 Å². The van der Waals surface area contributed by atoms with Crippen molar-refractivity contribution in [3.8, 4) is 0 Å². The van der Waals surface area contributed by atoms with E-state index in [4.69, 9.17) is 10.8 Å². The van der Waals surface area contributed by atoms with E-state index in [1.807, 2.05) is 12.1 Å². The van der Waals surface area contributed by atoms with Crippen LogP contribution in [-0.4, -0.2) is 35.8 Å². The molecule has 0 radical (unpaired) electrons. The van der Waals surface area contributed by atoms with Crippen LogP contribution in [0.2, 0.25) is 0 Å². The molecule has 1 unspecified atom stereocenters. The first kappa shape index (κ1) is 11.5. The van der Waals surface area contributed by atoms with E-state index < -0.39 is 6.09 Å². The highest BCUT2D eigenvalue weighted by atomic mass is 16.4. The van der Waals surface area contributed by atoms with E-state index >= 15 is 0 Å². The lowest BCUT2D eigenvalue weighted by Gasteiger charge is -2.17. The zero-order valence-corrected chi connectivity index (χ0v) is 9.47. The van der Waals surface area contributed by atoms with Gasteiger partial charge < -0.3 is 21.1 Å². The number of hydrogen-bond donors (Lipinski definition) is 3. The maximum absolute atomic E-state index is 10.4. The summed E-state index contributed by atoms with van der Waals surface area (Å²) in [7, 11) is 0. The van der Waals surface area contributed by atoms with Crippen LogP contribution in [0.5, 0.6) is 0 Å². The third-order valence-electron chi connectivity index (χ3n) is 2.92. The normalized spacial score (nSPS) is 19.3. The number of amides is 1. The number of carboxylic acid groups (broad SMARTS) is 1. The number of nitrogen functional groups attached to an aromatic ring is 1. The molecule has 17 heavy (non-hydrogen) atoms. The van der Waals surface area contributed by atoms with Gasteiger partial charge in [0.2, 0.25) is 0 Å². The number of nitrogens with two attached hydrogens (primary N) is 1. The molecule has 0 bridgehead atoms. The number of hydrogen-bond acceptors (Lipinski definition) is 4. The monoisotopic (exact) mass is 236 g/mol. The molecule has 1 amide bonds. The third kappa shape index (κ3) is 2.99. The summed E-state index contributed by atoms with van der Waals surface area (Å²) in [4.78, 5) is 16.8. The number of aromatic nitrogens is 1. The molecule has 6 nitrogen and oxygen atoms in total. The molecule has 92 valence electrons. The molecule has 0 spiro atoms. The molecule has 1 aromatic rings. The van der Waals surface area contributed by atoms with Crippen LogP contribution in [0.15, 0.2) is 18.3 Å². The second-order valence-corrected chi connectivity index (χ2v) is 4.24.